The molecule has 8 N–H and O–H groups in total. The van der Waals surface area contributed by atoms with Crippen LogP contribution in [0.5, 0.6) is 0 Å². The number of carbonyl (C=O) groups is 3. The van der Waals surface area contributed by atoms with Crippen LogP contribution in [0.2, 0.25) is 0 Å². The van der Waals surface area contributed by atoms with E-state index < -0.39 is 26.1 Å². The molecule has 20 heteroatoms. The quantitative estimate of drug-likeness (QED) is 0.0278. The second-order valence-electron chi connectivity index (χ2n) is 22.7. The molecule has 0 aliphatic rings. The van der Waals surface area contributed by atoms with Crippen LogP contribution < -0.4 is 26.0 Å². The molecular formula is C72H78N10O8S2. The van der Waals surface area contributed by atoms with E-state index in [1.54, 1.807) is 43.4 Å². The van der Waals surface area contributed by atoms with Crippen LogP contribution in [0.3, 0.4) is 0 Å². The van der Waals surface area contributed by atoms with Crippen molar-refractivity contribution in [2.75, 3.05) is 35.4 Å². The zero-order valence-corrected chi connectivity index (χ0v) is 54.4. The highest BCUT2D eigenvalue weighted by Gasteiger charge is 2.30. The van der Waals surface area contributed by atoms with Crippen molar-refractivity contribution in [2.45, 2.75) is 94.9 Å². The number of carboxylic acid groups (broad SMARTS) is 1. The number of anilines is 6. The molecule has 0 fully saturated rings. The molecule has 0 atom stereocenters. The molecule has 0 saturated carbocycles. The van der Waals surface area contributed by atoms with Gasteiger partial charge in [0.15, 0.2) is 11.6 Å². The molecule has 0 spiro atoms. The van der Waals surface area contributed by atoms with Gasteiger partial charge in [-0.15, -0.1) is 0 Å². The van der Waals surface area contributed by atoms with Gasteiger partial charge in [0, 0.05) is 64.4 Å². The first-order chi connectivity index (χ1) is 44.1. The third-order valence-electron chi connectivity index (χ3n) is 15.4. The molecule has 10 aromatic rings. The maximum Gasteiger partial charge on any atom is 0.290 e. The van der Waals surface area contributed by atoms with Gasteiger partial charge in [0.2, 0.25) is 20.0 Å². The van der Waals surface area contributed by atoms with E-state index in [1.807, 2.05) is 146 Å². The molecule has 2 aromatic heterocycles. The van der Waals surface area contributed by atoms with Crippen LogP contribution in [0.4, 0.5) is 34.4 Å². The van der Waals surface area contributed by atoms with Crippen molar-refractivity contribution in [1.82, 2.24) is 29.4 Å². The zero-order chi connectivity index (χ0) is 66.0. The van der Waals surface area contributed by atoms with Crippen molar-refractivity contribution in [2.24, 2.45) is 0 Å². The summed E-state index contributed by atoms with van der Waals surface area (Å²) < 4.78 is 55.1. The molecule has 92 heavy (non-hydrogen) atoms. The van der Waals surface area contributed by atoms with Gasteiger partial charge >= 0.3 is 0 Å². The highest BCUT2D eigenvalue weighted by molar-refractivity contribution is 7.89. The largest absolute Gasteiger partial charge is 0.483 e. The average Bonchev–Trinajstić information content (AvgIpc) is 0.933. The molecule has 0 aliphatic heterocycles. The van der Waals surface area contributed by atoms with Crippen LogP contribution in [0, 0.1) is 13.8 Å². The Hall–Kier alpha value is -9.99. The van der Waals surface area contributed by atoms with Crippen LogP contribution in [0.1, 0.15) is 122 Å². The van der Waals surface area contributed by atoms with Gasteiger partial charge in [-0.05, 0) is 200 Å². The second-order valence-corrected chi connectivity index (χ2v) is 26.6. The summed E-state index contributed by atoms with van der Waals surface area (Å²) in [5.41, 5.74) is 14.9. The van der Waals surface area contributed by atoms with Crippen molar-refractivity contribution in [3.05, 3.63) is 273 Å². The number of aryl methyl sites for hydroxylation is 6. The van der Waals surface area contributed by atoms with E-state index in [9.17, 15) is 26.4 Å². The Bertz CT molecular complexity index is 4290. The molecule has 476 valence electrons. The molecule has 2 amide bonds. The maximum absolute atomic E-state index is 13.8. The molecule has 2 heterocycles. The SMILES string of the molecule is CNS(=O)(=O)c1ccc(Nc2cc(CCc3cccc(C(=O)Nc4ccc(C(C)C)c(C)c4)c3)[nH]n2)cc1.Cc1cc(NC(=O)c2cccc(CCc3cc(Nc4ccc(S(=O)(=O)N(C)C(c5ccccc5)c5ccccc5)cc4)n[nH]3)c2)ccc1C(C)C.O=CO. The van der Waals surface area contributed by atoms with Gasteiger partial charge in [-0.1, -0.05) is 125 Å². The molecule has 18 nitrogen and oxygen atoms in total. The minimum atomic E-state index is -3.83. The van der Waals surface area contributed by atoms with E-state index >= 15 is 0 Å². The number of carbonyl (C=O) groups excluding carboxylic acids is 2. The van der Waals surface area contributed by atoms with E-state index in [1.165, 1.54) is 40.2 Å². The Labute approximate surface area is 539 Å². The zero-order valence-electron chi connectivity index (χ0n) is 52.7. The lowest BCUT2D eigenvalue weighted by atomic mass is 9.97. The van der Waals surface area contributed by atoms with Crippen LogP contribution in [-0.2, 0) is 50.5 Å². The maximum atomic E-state index is 13.8. The van der Waals surface area contributed by atoms with Crippen molar-refractivity contribution in [3.63, 3.8) is 0 Å². The monoisotopic (exact) mass is 1270 g/mol. The Morgan fingerprint density at radius 1 is 0.511 bits per heavy atom. The third kappa shape index (κ3) is 18.3. The summed E-state index contributed by atoms with van der Waals surface area (Å²) in [5.74, 6) is 1.85. The van der Waals surface area contributed by atoms with Crippen molar-refractivity contribution < 1.29 is 36.3 Å². The number of aromatic nitrogens is 4. The predicted octanol–water partition coefficient (Wildman–Crippen LogP) is 14.3. The molecule has 0 bridgehead atoms. The van der Waals surface area contributed by atoms with Crippen LogP contribution in [0.15, 0.2) is 216 Å². The summed E-state index contributed by atoms with van der Waals surface area (Å²) in [6, 6.07) is 63.2. The summed E-state index contributed by atoms with van der Waals surface area (Å²) in [6.45, 7) is 12.5. The Morgan fingerprint density at radius 3 is 1.28 bits per heavy atom. The van der Waals surface area contributed by atoms with Gasteiger partial charge in [-0.2, -0.15) is 14.5 Å². The fraction of sp³-hybridized carbons (Fsp3) is 0.208. The highest BCUT2D eigenvalue weighted by Crippen LogP contribution is 2.33. The predicted molar refractivity (Wildman–Crippen MR) is 365 cm³/mol. The fourth-order valence-corrected chi connectivity index (χ4v) is 12.7. The number of hydrogen-bond donors (Lipinski definition) is 8. The van der Waals surface area contributed by atoms with Crippen molar-refractivity contribution in [3.8, 4) is 0 Å². The number of H-pyrrole nitrogens is 2. The topological polar surface area (TPSA) is 260 Å². The lowest BCUT2D eigenvalue weighted by Gasteiger charge is -2.28. The number of amides is 2. The van der Waals surface area contributed by atoms with Crippen molar-refractivity contribution in [1.29, 1.82) is 0 Å². The second kappa shape index (κ2) is 31.6. The fourth-order valence-electron chi connectivity index (χ4n) is 10.6. The summed E-state index contributed by atoms with van der Waals surface area (Å²) in [6.07, 6.45) is 2.87. The van der Waals surface area contributed by atoms with Crippen molar-refractivity contribution >= 4 is 72.7 Å². The Balaban J connectivity index is 0.000000236. The minimum Gasteiger partial charge on any atom is -0.483 e. The minimum absolute atomic E-state index is 0.134. The van der Waals surface area contributed by atoms with Gasteiger partial charge in [-0.25, -0.2) is 21.6 Å². The number of sulfonamides is 2. The molecule has 8 aromatic carbocycles. The van der Waals surface area contributed by atoms with Gasteiger partial charge in [0.05, 0.1) is 15.8 Å². The lowest BCUT2D eigenvalue weighted by Crippen LogP contribution is -2.32. The number of hydrogen-bond acceptors (Lipinski definition) is 11. The van der Waals surface area contributed by atoms with E-state index in [-0.39, 0.29) is 28.1 Å². The lowest BCUT2D eigenvalue weighted by molar-refractivity contribution is -0.122. The Kier molecular flexibility index (Phi) is 23.4. The normalized spacial score (nSPS) is 11.3. The van der Waals surface area contributed by atoms with E-state index in [2.05, 4.69) is 100 Å². The molecule has 0 aliphatic carbocycles. The number of benzene rings is 8. The van der Waals surface area contributed by atoms with E-state index in [0.29, 0.717) is 46.7 Å². The third-order valence-corrected chi connectivity index (χ3v) is 18.7. The molecule has 0 saturated heterocycles. The Morgan fingerprint density at radius 2 is 0.902 bits per heavy atom. The van der Waals surface area contributed by atoms with Crippen LogP contribution >= 0.6 is 0 Å². The van der Waals surface area contributed by atoms with E-state index in [4.69, 9.17) is 9.90 Å². The number of nitrogens with one attached hydrogen (secondary N) is 7. The molecule has 0 radical (unpaired) electrons. The van der Waals surface area contributed by atoms with Gasteiger partial charge < -0.3 is 26.4 Å². The first-order valence-corrected chi connectivity index (χ1v) is 33.0. The molecule has 10 rings (SSSR count). The first kappa shape index (κ1) is 67.9. The summed E-state index contributed by atoms with van der Waals surface area (Å²) >= 11 is 0. The highest BCUT2D eigenvalue weighted by atomic mass is 32.2. The standard InChI is InChI=1S/C42H43N5O3S.C29H33N5O3S.CH2O2/c1-29(2)39-25-22-36(26-30(39)3)44-42(48)34-17-11-12-31(27-34)18-19-37-28-40(46-45-37)43-35-20-23-38(24-21-35)51(49,50)47(4)41(32-13-7-5-8-14-32)33-15-9-6-10-16-33;1-19(2)27-15-12-24(16-20(27)3)32-29(35)22-7-5-6-21(17-22)8-9-25-18-28(34-33-25)31-23-10-13-26(14-11-23)38(36,37)30-4;2-1-3/h5-17,20-29,41H,18-19H2,1-4H3,(H,44,48)(H2,43,45,46);5-7,10-19,30H,8-9H2,1-4H3,(H,32,35)(H2,31,33,34);1H,(H,2,3). The van der Waals surface area contributed by atoms with Crippen LogP contribution in [0.25, 0.3) is 0 Å². The summed E-state index contributed by atoms with van der Waals surface area (Å²) in [4.78, 5) is 34.7. The number of rotatable bonds is 23. The number of nitrogens with zero attached hydrogens (tertiary/aromatic N) is 3. The number of aromatic amines is 2. The van der Waals surface area contributed by atoms with Gasteiger partial charge in [0.25, 0.3) is 18.3 Å². The average molecular weight is 1280 g/mol. The molecule has 0 unspecified atom stereocenters. The van der Waals surface area contributed by atoms with E-state index in [0.717, 1.165) is 75.5 Å². The summed E-state index contributed by atoms with van der Waals surface area (Å²) in [7, 11) is -4.30. The first-order valence-electron chi connectivity index (χ1n) is 30.1. The van der Waals surface area contributed by atoms with Gasteiger partial charge in [0.1, 0.15) is 0 Å². The van der Waals surface area contributed by atoms with Crippen LogP contribution in [-0.4, -0.2) is 79.0 Å². The summed E-state index contributed by atoms with van der Waals surface area (Å²) in [5, 5.41) is 34.2. The van der Waals surface area contributed by atoms with Gasteiger partial charge in [-0.3, -0.25) is 24.6 Å². The smallest absolute Gasteiger partial charge is 0.290 e. The molecular weight excluding hydrogens is 1200 g/mol.